The molecule has 0 spiro atoms. The number of aliphatic carboxylic acids is 1. The van der Waals surface area contributed by atoms with E-state index in [9.17, 15) is 19.5 Å². The monoisotopic (exact) mass is 465 g/mol. The molecule has 0 fully saturated rings. The van der Waals surface area contributed by atoms with Crippen molar-refractivity contribution in [2.24, 2.45) is 5.73 Å². The fourth-order valence-electron chi connectivity index (χ4n) is 3.41. The van der Waals surface area contributed by atoms with Crippen LogP contribution in [0.15, 0.2) is 0 Å². The molecule has 2 atom stereocenters. The van der Waals surface area contributed by atoms with Crippen molar-refractivity contribution in [2.45, 2.75) is 135 Å². The van der Waals surface area contributed by atoms with E-state index in [1.807, 2.05) is 6.92 Å². The molecule has 0 saturated carbocycles. The van der Waals surface area contributed by atoms with Gasteiger partial charge in [0.05, 0.1) is 5.97 Å². The van der Waals surface area contributed by atoms with Crippen molar-refractivity contribution in [1.29, 1.82) is 0 Å². The van der Waals surface area contributed by atoms with Crippen molar-refractivity contribution in [3.63, 3.8) is 0 Å². The number of ketones is 1. The molecule has 0 aromatic rings. The van der Waals surface area contributed by atoms with Gasteiger partial charge in [-0.25, -0.2) is 0 Å². The summed E-state index contributed by atoms with van der Waals surface area (Å²) in [5.41, 5.74) is 5.35. The molecule has 0 aromatic carbocycles. The zero-order chi connectivity index (χ0) is 22.6. The normalized spacial score (nSPS) is 12.6. The Kier molecular flexibility index (Phi) is 25.2. The Bertz CT molecular complexity index is 473. The summed E-state index contributed by atoms with van der Waals surface area (Å²) >= 11 is 0. The molecule has 31 heavy (non-hydrogen) atoms. The van der Waals surface area contributed by atoms with Gasteiger partial charge >= 0.3 is 57.4 Å². The summed E-state index contributed by atoms with van der Waals surface area (Å²) in [6, 6.07) is -1.20. The first-order valence-electron chi connectivity index (χ1n) is 12.1. The number of carbonyl (C=O) groups excluding carboxylic acids is 3. The predicted octanol–water partition coefficient (Wildman–Crippen LogP) is 1.22. The van der Waals surface area contributed by atoms with E-state index in [-0.39, 0.29) is 70.0 Å². The van der Waals surface area contributed by atoms with E-state index in [0.29, 0.717) is 12.8 Å². The smallest absolute Gasteiger partial charge is 0.548 e. The average Bonchev–Trinajstić information content (AvgIpc) is 2.72. The van der Waals surface area contributed by atoms with Gasteiger partial charge in [-0.1, -0.05) is 84.5 Å². The van der Waals surface area contributed by atoms with Crippen LogP contribution in [-0.2, 0) is 19.1 Å². The molecule has 6 nitrogen and oxygen atoms in total. The van der Waals surface area contributed by atoms with Gasteiger partial charge in [0.2, 0.25) is 0 Å². The molecule has 0 heterocycles. The van der Waals surface area contributed by atoms with Crippen LogP contribution in [0.25, 0.3) is 0 Å². The van der Waals surface area contributed by atoms with E-state index in [2.05, 4.69) is 6.92 Å². The molecule has 0 saturated heterocycles. The van der Waals surface area contributed by atoms with Gasteiger partial charge in [-0.3, -0.25) is 9.59 Å². The SMILES string of the molecule is CCCCCCCCCCCCCC(=O)C(CCCC)OC(=O)CC[C@H](N)C(=O)[O-].[K+]. The molecular weight excluding hydrogens is 421 g/mol. The summed E-state index contributed by atoms with van der Waals surface area (Å²) in [6.07, 6.45) is 15.2. The van der Waals surface area contributed by atoms with Gasteiger partial charge in [-0.05, 0) is 25.7 Å². The summed E-state index contributed by atoms with van der Waals surface area (Å²) in [4.78, 5) is 35.1. The van der Waals surface area contributed by atoms with Crippen LogP contribution in [0.4, 0.5) is 0 Å². The predicted molar refractivity (Wildman–Crippen MR) is 118 cm³/mol. The number of rotatable bonds is 21. The largest absolute Gasteiger partial charge is 1.00 e. The maximum absolute atomic E-state index is 12.5. The third-order valence-corrected chi connectivity index (χ3v) is 5.44. The number of carbonyl (C=O) groups is 3. The second-order valence-electron chi connectivity index (χ2n) is 8.34. The van der Waals surface area contributed by atoms with Crippen molar-refractivity contribution < 1.29 is 75.6 Å². The zero-order valence-electron chi connectivity index (χ0n) is 20.3. The van der Waals surface area contributed by atoms with Crippen LogP contribution >= 0.6 is 0 Å². The maximum Gasteiger partial charge on any atom is 1.00 e. The molecule has 0 bridgehead atoms. The Morgan fingerprint density at radius 2 is 1.23 bits per heavy atom. The standard InChI is InChI=1S/C24H45NO5.K/c1-3-5-7-8-9-10-11-12-13-14-15-16-21(26)22(17-6-4-2)30-23(27)19-18-20(25)24(28)29;/h20,22H,3-19,25H2,1-2H3,(H,28,29);/q;+1/p-1/t20-,22?;/m0./s1. The first-order chi connectivity index (χ1) is 14.4. The fraction of sp³-hybridized carbons (Fsp3) is 0.875. The van der Waals surface area contributed by atoms with Crippen LogP contribution in [0.5, 0.6) is 0 Å². The van der Waals surface area contributed by atoms with E-state index in [1.54, 1.807) is 0 Å². The Morgan fingerprint density at radius 1 is 0.742 bits per heavy atom. The van der Waals surface area contributed by atoms with E-state index in [0.717, 1.165) is 32.1 Å². The van der Waals surface area contributed by atoms with E-state index < -0.39 is 24.1 Å². The molecule has 176 valence electrons. The number of nitrogens with two attached hydrogens (primary N) is 1. The summed E-state index contributed by atoms with van der Waals surface area (Å²) in [7, 11) is 0. The van der Waals surface area contributed by atoms with Crippen molar-refractivity contribution in [3.05, 3.63) is 0 Å². The van der Waals surface area contributed by atoms with Gasteiger partial charge in [-0.15, -0.1) is 0 Å². The number of hydrogen-bond acceptors (Lipinski definition) is 6. The number of carboxylic acid groups (broad SMARTS) is 1. The van der Waals surface area contributed by atoms with E-state index >= 15 is 0 Å². The third kappa shape index (κ3) is 20.5. The second-order valence-corrected chi connectivity index (χ2v) is 8.34. The number of esters is 1. The van der Waals surface area contributed by atoms with Crippen molar-refractivity contribution in [3.8, 4) is 0 Å². The van der Waals surface area contributed by atoms with E-state index in [4.69, 9.17) is 10.5 Å². The van der Waals surface area contributed by atoms with Gasteiger partial charge in [0.25, 0.3) is 0 Å². The first-order valence-corrected chi connectivity index (χ1v) is 12.1. The van der Waals surface area contributed by atoms with Gasteiger partial charge in [0.15, 0.2) is 11.9 Å². The van der Waals surface area contributed by atoms with Crippen LogP contribution in [0.3, 0.4) is 0 Å². The molecular formula is C24H44KNO5. The van der Waals surface area contributed by atoms with Gasteiger partial charge in [0, 0.05) is 18.9 Å². The van der Waals surface area contributed by atoms with Crippen LogP contribution < -0.4 is 62.2 Å². The third-order valence-electron chi connectivity index (χ3n) is 5.44. The van der Waals surface area contributed by atoms with Gasteiger partial charge in [-0.2, -0.15) is 0 Å². The fourth-order valence-corrected chi connectivity index (χ4v) is 3.41. The Balaban J connectivity index is 0. The average molecular weight is 466 g/mol. The first kappa shape index (κ1) is 33.4. The van der Waals surface area contributed by atoms with Gasteiger partial charge in [0.1, 0.15) is 0 Å². The van der Waals surface area contributed by atoms with Crippen LogP contribution in [-0.4, -0.2) is 29.9 Å². The van der Waals surface area contributed by atoms with Crippen LogP contribution in [0.1, 0.15) is 123 Å². The molecule has 0 aliphatic rings. The zero-order valence-corrected chi connectivity index (χ0v) is 23.4. The number of hydrogen-bond donors (Lipinski definition) is 1. The van der Waals surface area contributed by atoms with Crippen LogP contribution in [0, 0.1) is 0 Å². The molecule has 2 N–H and O–H groups in total. The minimum atomic E-state index is -1.39. The maximum atomic E-state index is 12.5. The number of Topliss-reactive ketones (excluding diaryl/α,β-unsaturated/α-hetero) is 1. The topological polar surface area (TPSA) is 110 Å². The quantitative estimate of drug-likeness (QED) is 0.155. The molecule has 0 amide bonds. The second kappa shape index (κ2) is 23.4. The number of carboxylic acids is 1. The summed E-state index contributed by atoms with van der Waals surface area (Å²) in [5.74, 6) is -1.99. The van der Waals surface area contributed by atoms with Crippen molar-refractivity contribution in [2.75, 3.05) is 0 Å². The van der Waals surface area contributed by atoms with Crippen molar-refractivity contribution in [1.82, 2.24) is 0 Å². The summed E-state index contributed by atoms with van der Waals surface area (Å²) < 4.78 is 5.34. The molecule has 0 aliphatic heterocycles. The minimum Gasteiger partial charge on any atom is -0.548 e. The van der Waals surface area contributed by atoms with Gasteiger partial charge < -0.3 is 20.4 Å². The molecule has 0 rings (SSSR count). The molecule has 7 heteroatoms. The van der Waals surface area contributed by atoms with Crippen molar-refractivity contribution >= 4 is 17.7 Å². The Hall–Kier alpha value is 0.206. The molecule has 0 aromatic heterocycles. The van der Waals surface area contributed by atoms with E-state index in [1.165, 1.54) is 51.4 Å². The Morgan fingerprint density at radius 3 is 1.71 bits per heavy atom. The summed E-state index contributed by atoms with van der Waals surface area (Å²) in [6.45, 7) is 4.25. The number of ether oxygens (including phenoxy) is 1. The minimum absolute atomic E-state index is 0. The number of unbranched alkanes of at least 4 members (excludes halogenated alkanes) is 11. The molecule has 0 aliphatic carbocycles. The summed E-state index contributed by atoms with van der Waals surface area (Å²) in [5, 5.41) is 10.6. The molecule has 1 unspecified atom stereocenters. The Labute approximate surface area is 232 Å². The van der Waals surface area contributed by atoms with Crippen LogP contribution in [0.2, 0.25) is 0 Å². The molecule has 0 radical (unpaired) electrons.